The maximum absolute atomic E-state index is 12.3. The second-order valence-corrected chi connectivity index (χ2v) is 4.20. The minimum Gasteiger partial charge on any atom is -0.264 e. The summed E-state index contributed by atoms with van der Waals surface area (Å²) < 4.78 is 52.9. The van der Waals surface area contributed by atoms with E-state index in [1.807, 2.05) is 0 Å². The first kappa shape index (κ1) is 8.38. The van der Waals surface area contributed by atoms with Gasteiger partial charge in [0.15, 0.2) is 0 Å². The molecular weight excluding hydrogens is 207 g/mol. The average molecular weight is 222 g/mol. The molecule has 0 aliphatic carbocycles. The number of aryl methyl sites for hydroxylation is 1. The topological polar surface area (TPSA) is 43.4 Å². The highest BCUT2D eigenvalue weighted by molar-refractivity contribution is 7.86. The van der Waals surface area contributed by atoms with Crippen molar-refractivity contribution >= 4 is 10.1 Å². The van der Waals surface area contributed by atoms with Gasteiger partial charge in [-0.3, -0.25) is 4.18 Å². The molecule has 5 heteroatoms. The average Bonchev–Trinajstić information content (AvgIpc) is 2.17. The fourth-order valence-electron chi connectivity index (χ4n) is 0.855. The van der Waals surface area contributed by atoms with E-state index in [-0.39, 0.29) is 4.90 Å². The lowest BCUT2D eigenvalue weighted by molar-refractivity contribution is 0.277. The minimum atomic E-state index is -4.17. The Hall–Kier alpha value is -0.940. The van der Waals surface area contributed by atoms with Crippen LogP contribution >= 0.6 is 0 Å². The van der Waals surface area contributed by atoms with Gasteiger partial charge in [-0.05, 0) is 19.1 Å². The molecule has 0 saturated heterocycles. The number of hydrogen-bond acceptors (Lipinski definition) is 3. The number of rotatable bonds is 4. The van der Waals surface area contributed by atoms with Gasteiger partial charge in [0.05, 0.1) is 14.2 Å². The summed E-state index contributed by atoms with van der Waals surface area (Å²) in [5, 5.41) is 0. The summed E-state index contributed by atoms with van der Waals surface area (Å²) in [5.41, 5.74) is 0.866. The molecule has 2 atom stereocenters. The third kappa shape index (κ3) is 2.78. The summed E-state index contributed by atoms with van der Waals surface area (Å²) in [5.74, 6) is 0. The minimum absolute atomic E-state index is 0.156. The molecule has 1 aromatic carbocycles. The van der Waals surface area contributed by atoms with Gasteiger partial charge >= 0.3 is 0 Å². The molecule has 0 aliphatic rings. The molecule has 14 heavy (non-hydrogen) atoms. The molecular formula is C9H11FO3S. The van der Waals surface area contributed by atoms with Gasteiger partial charge in [-0.25, -0.2) is 4.39 Å². The Labute approximate surface area is 85.4 Å². The Morgan fingerprint density at radius 3 is 2.50 bits per heavy atom. The van der Waals surface area contributed by atoms with Crippen molar-refractivity contribution in [3.05, 3.63) is 29.8 Å². The SMILES string of the molecule is [3H]C(F)C([3H])OS(=O)(=O)c1ccc(C)cc1. The largest absolute Gasteiger partial charge is 0.297 e. The first-order chi connectivity index (χ1) is 7.33. The van der Waals surface area contributed by atoms with Crippen LogP contribution in [-0.4, -0.2) is 21.7 Å². The van der Waals surface area contributed by atoms with Gasteiger partial charge in [-0.1, -0.05) is 17.7 Å². The molecule has 0 aromatic heterocycles. The van der Waals surface area contributed by atoms with Crippen molar-refractivity contribution in [2.45, 2.75) is 11.8 Å². The Morgan fingerprint density at radius 1 is 1.43 bits per heavy atom. The molecule has 0 spiro atoms. The Kier molecular flexibility index (Phi) is 2.71. The lowest BCUT2D eigenvalue weighted by atomic mass is 10.2. The van der Waals surface area contributed by atoms with E-state index in [2.05, 4.69) is 4.18 Å². The van der Waals surface area contributed by atoms with Crippen LogP contribution in [0.25, 0.3) is 0 Å². The first-order valence-electron chi connectivity index (χ1n) is 4.97. The second-order valence-electron chi connectivity index (χ2n) is 2.63. The fraction of sp³-hybridized carbons (Fsp3) is 0.333. The third-order valence-electron chi connectivity index (χ3n) is 1.54. The Bertz CT molecular complexity index is 444. The van der Waals surface area contributed by atoms with Crippen LogP contribution < -0.4 is 0 Å². The van der Waals surface area contributed by atoms with Crippen LogP contribution in [0.5, 0.6) is 0 Å². The molecule has 0 bridgehead atoms. The van der Waals surface area contributed by atoms with E-state index in [9.17, 15) is 12.8 Å². The molecule has 0 saturated carbocycles. The highest BCUT2D eigenvalue weighted by atomic mass is 32.2. The summed E-state index contributed by atoms with van der Waals surface area (Å²) in [4.78, 5) is -0.156. The molecule has 2 unspecified atom stereocenters. The monoisotopic (exact) mass is 222 g/mol. The second kappa shape index (κ2) is 4.52. The molecule has 78 valence electrons. The smallest absolute Gasteiger partial charge is 0.264 e. The summed E-state index contributed by atoms with van der Waals surface area (Å²) in [6.45, 7) is -2.70. The molecule has 0 amide bonds. The maximum atomic E-state index is 12.3. The van der Waals surface area contributed by atoms with Crippen LogP contribution in [0.1, 0.15) is 8.30 Å². The summed E-state index contributed by atoms with van der Waals surface area (Å²) >= 11 is 0. The van der Waals surface area contributed by atoms with E-state index in [1.165, 1.54) is 12.1 Å². The molecule has 0 aliphatic heterocycles. The zero-order chi connectivity index (χ0) is 12.3. The predicted octanol–water partition coefficient (Wildman–Crippen LogP) is 1.67. The lowest BCUT2D eigenvalue weighted by Crippen LogP contribution is -2.08. The number of hydrogen-bond donors (Lipinski definition) is 0. The highest BCUT2D eigenvalue weighted by Crippen LogP contribution is 2.12. The van der Waals surface area contributed by atoms with Crippen molar-refractivity contribution < 1.29 is 19.7 Å². The van der Waals surface area contributed by atoms with Crippen molar-refractivity contribution in [2.24, 2.45) is 0 Å². The van der Waals surface area contributed by atoms with Crippen LogP contribution in [0.3, 0.4) is 0 Å². The van der Waals surface area contributed by atoms with Crippen LogP contribution in [0.2, 0.25) is 0 Å². The van der Waals surface area contributed by atoms with E-state index >= 15 is 0 Å². The Balaban J connectivity index is 2.90. The van der Waals surface area contributed by atoms with E-state index in [4.69, 9.17) is 2.74 Å². The van der Waals surface area contributed by atoms with Crippen molar-refractivity contribution in [1.29, 1.82) is 0 Å². The molecule has 3 nitrogen and oxygen atoms in total. The van der Waals surface area contributed by atoms with E-state index in [0.29, 0.717) is 0 Å². The zero-order valence-electron chi connectivity index (χ0n) is 9.48. The van der Waals surface area contributed by atoms with E-state index < -0.39 is 23.4 Å². The van der Waals surface area contributed by atoms with Gasteiger partial charge in [-0.15, -0.1) is 0 Å². The van der Waals surface area contributed by atoms with Crippen molar-refractivity contribution in [2.75, 3.05) is 13.2 Å². The van der Waals surface area contributed by atoms with Crippen LogP contribution in [0.15, 0.2) is 29.2 Å². The number of halogens is 1. The van der Waals surface area contributed by atoms with Crippen molar-refractivity contribution in [1.82, 2.24) is 0 Å². The van der Waals surface area contributed by atoms with Gasteiger partial charge < -0.3 is 0 Å². The van der Waals surface area contributed by atoms with Crippen LogP contribution in [0, 0.1) is 6.92 Å². The van der Waals surface area contributed by atoms with Gasteiger partial charge in [-0.2, -0.15) is 8.42 Å². The maximum Gasteiger partial charge on any atom is 0.297 e. The lowest BCUT2D eigenvalue weighted by Gasteiger charge is -2.03. The van der Waals surface area contributed by atoms with Crippen molar-refractivity contribution in [3.8, 4) is 0 Å². The van der Waals surface area contributed by atoms with E-state index in [0.717, 1.165) is 5.56 Å². The third-order valence-corrected chi connectivity index (χ3v) is 2.76. The number of alkyl halides is 1. The van der Waals surface area contributed by atoms with Gasteiger partial charge in [0.1, 0.15) is 6.65 Å². The molecule has 1 rings (SSSR count). The normalized spacial score (nSPS) is 18.1. The molecule has 0 heterocycles. The molecule has 0 radical (unpaired) electrons. The van der Waals surface area contributed by atoms with Gasteiger partial charge in [0, 0.05) is 0 Å². The molecule has 0 N–H and O–H groups in total. The summed E-state index contributed by atoms with van der Waals surface area (Å²) in [6, 6.07) is 5.72. The Morgan fingerprint density at radius 2 is 2.00 bits per heavy atom. The highest BCUT2D eigenvalue weighted by Gasteiger charge is 2.13. The standard InChI is InChI=1S/C9H11FO3S/c1-8-2-4-9(5-3-8)14(11,12)13-7-6-10/h2-5H,6-7H2,1H3/i6T,7T. The van der Waals surface area contributed by atoms with Crippen LogP contribution in [-0.2, 0) is 14.3 Å². The van der Waals surface area contributed by atoms with Gasteiger partial charge in [0.2, 0.25) is 0 Å². The van der Waals surface area contributed by atoms with Crippen molar-refractivity contribution in [3.63, 3.8) is 0 Å². The van der Waals surface area contributed by atoms with Gasteiger partial charge in [0.25, 0.3) is 10.1 Å². The number of benzene rings is 1. The fourth-order valence-corrected chi connectivity index (χ4v) is 1.62. The quantitative estimate of drug-likeness (QED) is 0.728. The summed E-state index contributed by atoms with van der Waals surface area (Å²) in [7, 11) is -4.17. The zero-order valence-corrected chi connectivity index (χ0v) is 8.29. The predicted molar refractivity (Wildman–Crippen MR) is 50.3 cm³/mol. The van der Waals surface area contributed by atoms with E-state index in [1.54, 1.807) is 19.1 Å². The molecule has 0 fully saturated rings. The van der Waals surface area contributed by atoms with Crippen LogP contribution in [0.4, 0.5) is 4.39 Å². The first-order valence-corrected chi connectivity index (χ1v) is 5.22. The molecule has 1 aromatic rings. The summed E-state index contributed by atoms with van der Waals surface area (Å²) in [6.07, 6.45) is 0.